The van der Waals surface area contributed by atoms with Gasteiger partial charge < -0.3 is 19.3 Å². The number of carbonyl (C=O) groups is 1. The van der Waals surface area contributed by atoms with Crippen molar-refractivity contribution in [3.63, 3.8) is 0 Å². The largest absolute Gasteiger partial charge is 0.439 e. The summed E-state index contributed by atoms with van der Waals surface area (Å²) in [6, 6.07) is 0. The Bertz CT molecular complexity index is 358. The van der Waals surface area contributed by atoms with E-state index in [2.05, 4.69) is 11.9 Å². The zero-order chi connectivity index (χ0) is 13.9. The maximum atomic E-state index is 12.2. The van der Waals surface area contributed by atoms with E-state index in [1.54, 1.807) is 4.90 Å². The van der Waals surface area contributed by atoms with Gasteiger partial charge in [-0.3, -0.25) is 0 Å². The molecular weight excluding hydrogens is 244 g/mol. The second-order valence-corrected chi connectivity index (χ2v) is 5.72. The molecule has 1 fully saturated rings. The fraction of sp³-hybridized carbons (Fsp3) is 0.786. The van der Waals surface area contributed by atoms with Gasteiger partial charge in [0.1, 0.15) is 5.60 Å². The maximum absolute atomic E-state index is 12.2. The third kappa shape index (κ3) is 3.70. The highest BCUT2D eigenvalue weighted by Crippen LogP contribution is 2.26. The summed E-state index contributed by atoms with van der Waals surface area (Å²) in [6.07, 6.45) is 2.66. The summed E-state index contributed by atoms with van der Waals surface area (Å²) in [7, 11) is 2.07. The highest BCUT2D eigenvalue weighted by molar-refractivity contribution is 5.68. The number of carbonyl (C=O) groups excluding carboxylic acids is 1. The molecule has 1 saturated heterocycles. The number of ether oxygens (including phenoxy) is 2. The summed E-state index contributed by atoms with van der Waals surface area (Å²) in [5.74, 6) is 0. The van der Waals surface area contributed by atoms with E-state index in [1.807, 2.05) is 19.9 Å². The molecule has 2 heterocycles. The zero-order valence-electron chi connectivity index (χ0n) is 12.1. The van der Waals surface area contributed by atoms with Gasteiger partial charge in [0.2, 0.25) is 0 Å². The number of hydrogen-bond acceptors (Lipinski definition) is 4. The molecule has 0 radical (unpaired) electrons. The Balaban J connectivity index is 1.91. The van der Waals surface area contributed by atoms with E-state index in [1.165, 1.54) is 0 Å². The lowest BCUT2D eigenvalue weighted by Crippen LogP contribution is -2.49. The number of hydrogen-bond donors (Lipinski definition) is 0. The van der Waals surface area contributed by atoms with Crippen LogP contribution in [0.5, 0.6) is 0 Å². The van der Waals surface area contributed by atoms with Gasteiger partial charge >= 0.3 is 6.09 Å². The smallest absolute Gasteiger partial charge is 0.410 e. The Morgan fingerprint density at radius 2 is 2.00 bits per heavy atom. The lowest BCUT2D eigenvalue weighted by molar-refractivity contribution is 0.0184. The minimum Gasteiger partial charge on any atom is -0.439 e. The topological polar surface area (TPSA) is 42.0 Å². The van der Waals surface area contributed by atoms with Gasteiger partial charge in [-0.1, -0.05) is 6.08 Å². The Morgan fingerprint density at radius 1 is 1.32 bits per heavy atom. The molecule has 19 heavy (non-hydrogen) atoms. The van der Waals surface area contributed by atoms with Crippen LogP contribution in [-0.4, -0.2) is 67.9 Å². The van der Waals surface area contributed by atoms with E-state index in [0.717, 1.165) is 38.2 Å². The molecule has 0 aromatic rings. The summed E-state index contributed by atoms with van der Waals surface area (Å²) in [4.78, 5) is 16.2. The summed E-state index contributed by atoms with van der Waals surface area (Å²) in [5, 5.41) is 0. The lowest BCUT2D eigenvalue weighted by atomic mass is 9.94. The Hall–Kier alpha value is -1.07. The van der Waals surface area contributed by atoms with Crippen LogP contribution >= 0.6 is 0 Å². The van der Waals surface area contributed by atoms with Crippen molar-refractivity contribution in [3.8, 4) is 0 Å². The van der Waals surface area contributed by atoms with Gasteiger partial charge in [0.15, 0.2) is 0 Å². The van der Waals surface area contributed by atoms with Crippen molar-refractivity contribution in [3.05, 3.63) is 11.6 Å². The summed E-state index contributed by atoms with van der Waals surface area (Å²) >= 11 is 0. The second-order valence-electron chi connectivity index (χ2n) is 5.72. The fourth-order valence-corrected chi connectivity index (χ4v) is 2.41. The van der Waals surface area contributed by atoms with Crippen LogP contribution in [0.25, 0.3) is 0 Å². The molecule has 0 N–H and O–H groups in total. The number of amides is 1. The Morgan fingerprint density at radius 3 is 2.58 bits per heavy atom. The first-order valence-electron chi connectivity index (χ1n) is 6.93. The van der Waals surface area contributed by atoms with E-state index in [-0.39, 0.29) is 6.09 Å². The standard InChI is InChI=1S/C14H24N2O3/c1-14(2,12-4-10-18-11-5-12)19-13(17)16-8-6-15(3)7-9-16/h4H,5-11H2,1-3H3. The molecule has 108 valence electrons. The highest BCUT2D eigenvalue weighted by Gasteiger charge is 2.31. The third-order valence-corrected chi connectivity index (χ3v) is 3.84. The SMILES string of the molecule is CN1CCN(C(=O)OC(C)(C)C2=CCOCC2)CC1. The first-order valence-corrected chi connectivity index (χ1v) is 6.93. The first-order chi connectivity index (χ1) is 8.99. The number of nitrogens with zero attached hydrogens (tertiary/aromatic N) is 2. The van der Waals surface area contributed by atoms with Gasteiger partial charge in [-0.2, -0.15) is 0 Å². The molecule has 0 bridgehead atoms. The van der Waals surface area contributed by atoms with Crippen molar-refractivity contribution in [1.82, 2.24) is 9.80 Å². The zero-order valence-corrected chi connectivity index (χ0v) is 12.1. The Labute approximate surface area is 115 Å². The van der Waals surface area contributed by atoms with Crippen molar-refractivity contribution in [2.24, 2.45) is 0 Å². The van der Waals surface area contributed by atoms with Crippen LogP contribution in [0.3, 0.4) is 0 Å². The molecule has 1 amide bonds. The van der Waals surface area contributed by atoms with Crippen molar-refractivity contribution >= 4 is 6.09 Å². The van der Waals surface area contributed by atoms with Crippen LogP contribution in [0.15, 0.2) is 11.6 Å². The summed E-state index contributed by atoms with van der Waals surface area (Å²) < 4.78 is 11.0. The number of rotatable bonds is 2. The summed E-state index contributed by atoms with van der Waals surface area (Å²) in [6.45, 7) is 8.54. The van der Waals surface area contributed by atoms with E-state index in [9.17, 15) is 4.79 Å². The predicted octanol–water partition coefficient (Wildman–Crippen LogP) is 1.50. The quantitative estimate of drug-likeness (QED) is 0.712. The minimum atomic E-state index is -0.537. The van der Waals surface area contributed by atoms with Crippen molar-refractivity contribution in [2.45, 2.75) is 25.9 Å². The normalized spacial score (nSPS) is 22.1. The van der Waals surface area contributed by atoms with Crippen molar-refractivity contribution in [1.29, 1.82) is 0 Å². The van der Waals surface area contributed by atoms with Gasteiger partial charge in [0.25, 0.3) is 0 Å². The number of piperazine rings is 1. The van der Waals surface area contributed by atoms with Crippen LogP contribution in [0.2, 0.25) is 0 Å². The molecule has 0 aromatic heterocycles. The van der Waals surface area contributed by atoms with Crippen LogP contribution in [-0.2, 0) is 9.47 Å². The van der Waals surface area contributed by atoms with Gasteiger partial charge in [-0.05, 0) is 32.9 Å². The van der Waals surface area contributed by atoms with Crippen LogP contribution in [0, 0.1) is 0 Å². The van der Waals surface area contributed by atoms with Gasteiger partial charge in [0, 0.05) is 26.2 Å². The molecule has 2 aliphatic heterocycles. The summed E-state index contributed by atoms with van der Waals surface area (Å²) in [5.41, 5.74) is 0.616. The molecule has 2 aliphatic rings. The highest BCUT2D eigenvalue weighted by atomic mass is 16.6. The van der Waals surface area contributed by atoms with Gasteiger partial charge in [0.05, 0.1) is 13.2 Å². The molecule has 0 atom stereocenters. The van der Waals surface area contributed by atoms with Gasteiger partial charge in [-0.25, -0.2) is 4.79 Å². The predicted molar refractivity (Wildman–Crippen MR) is 73.1 cm³/mol. The van der Waals surface area contributed by atoms with Crippen molar-refractivity contribution < 1.29 is 14.3 Å². The molecule has 0 unspecified atom stereocenters. The lowest BCUT2D eigenvalue weighted by Gasteiger charge is -2.36. The molecule has 5 nitrogen and oxygen atoms in total. The molecule has 0 aromatic carbocycles. The monoisotopic (exact) mass is 268 g/mol. The Kier molecular flexibility index (Phi) is 4.47. The fourth-order valence-electron chi connectivity index (χ4n) is 2.41. The van der Waals surface area contributed by atoms with E-state index >= 15 is 0 Å². The van der Waals surface area contributed by atoms with Crippen molar-refractivity contribution in [2.75, 3.05) is 46.4 Å². The third-order valence-electron chi connectivity index (χ3n) is 3.84. The molecular formula is C14H24N2O3. The van der Waals surface area contributed by atoms with Gasteiger partial charge in [-0.15, -0.1) is 0 Å². The molecule has 0 aliphatic carbocycles. The average Bonchev–Trinajstić information content (AvgIpc) is 2.40. The average molecular weight is 268 g/mol. The van der Waals surface area contributed by atoms with Crippen LogP contribution in [0.1, 0.15) is 20.3 Å². The van der Waals surface area contributed by atoms with Crippen LogP contribution in [0.4, 0.5) is 4.79 Å². The molecule has 2 rings (SSSR count). The van der Waals surface area contributed by atoms with Crippen LogP contribution < -0.4 is 0 Å². The maximum Gasteiger partial charge on any atom is 0.410 e. The molecule has 0 saturated carbocycles. The second kappa shape index (κ2) is 5.92. The van der Waals surface area contributed by atoms with E-state index in [4.69, 9.17) is 9.47 Å². The molecule has 0 spiro atoms. The minimum absolute atomic E-state index is 0.203. The van der Waals surface area contributed by atoms with E-state index in [0.29, 0.717) is 13.2 Å². The van der Waals surface area contributed by atoms with E-state index < -0.39 is 5.60 Å². The first kappa shape index (κ1) is 14.3. The molecule has 5 heteroatoms. The number of likely N-dealkylation sites (N-methyl/N-ethyl adjacent to an activating group) is 1.